The second-order valence-electron chi connectivity index (χ2n) is 3.45. The molecule has 18 heavy (non-hydrogen) atoms. The van der Waals surface area contributed by atoms with Crippen LogP contribution in [0.1, 0.15) is 11.1 Å². The summed E-state index contributed by atoms with van der Waals surface area (Å²) in [5.74, 6) is -3.72. The minimum Gasteiger partial charge on any atom is -0.506 e. The Kier molecular flexibility index (Phi) is 2.49. The van der Waals surface area contributed by atoms with Crippen LogP contribution in [0.25, 0.3) is 10.8 Å². The highest BCUT2D eigenvalue weighted by Crippen LogP contribution is 2.41. The van der Waals surface area contributed by atoms with Gasteiger partial charge in [-0.3, -0.25) is 0 Å². The first-order valence-corrected chi connectivity index (χ1v) is 4.68. The first kappa shape index (κ1) is 11.6. The van der Waals surface area contributed by atoms with Gasteiger partial charge in [0, 0.05) is 0 Å². The van der Waals surface area contributed by atoms with E-state index in [4.69, 9.17) is 10.5 Å². The van der Waals surface area contributed by atoms with E-state index in [1.54, 1.807) is 0 Å². The van der Waals surface area contributed by atoms with Gasteiger partial charge in [0.15, 0.2) is 0 Å². The van der Waals surface area contributed by atoms with Crippen LogP contribution in [-0.2, 0) is 0 Å². The van der Waals surface area contributed by atoms with Crippen LogP contribution in [0.5, 0.6) is 11.5 Å². The van der Waals surface area contributed by atoms with E-state index < -0.39 is 45.0 Å². The lowest BCUT2D eigenvalue weighted by Crippen LogP contribution is -1.93. The number of phenols is 2. The Labute approximate surface area is 99.5 Å². The Bertz CT molecular complexity index is 693. The van der Waals surface area contributed by atoms with E-state index in [2.05, 4.69) is 0 Å². The average Bonchev–Trinajstić information content (AvgIpc) is 2.35. The summed E-state index contributed by atoms with van der Waals surface area (Å²) in [6.07, 6.45) is 0. The number of hydrogen-bond acceptors (Lipinski definition) is 4. The van der Waals surface area contributed by atoms with Crippen molar-refractivity contribution in [3.63, 3.8) is 0 Å². The third-order valence-corrected chi connectivity index (χ3v) is 2.52. The molecule has 0 amide bonds. The van der Waals surface area contributed by atoms with Crippen LogP contribution in [0.3, 0.4) is 0 Å². The standard InChI is InChI=1S/C12H4F2N2O2/c13-7-1-2-8(14)10-9(7)11(17)5(3-15)6(4-16)12(10)18/h1-2,17-18H. The van der Waals surface area contributed by atoms with E-state index in [1.165, 1.54) is 12.1 Å². The molecule has 0 atom stereocenters. The second-order valence-corrected chi connectivity index (χ2v) is 3.45. The predicted octanol–water partition coefficient (Wildman–Crippen LogP) is 2.27. The minimum atomic E-state index is -1.000. The number of nitriles is 2. The van der Waals surface area contributed by atoms with Gasteiger partial charge in [0.05, 0.1) is 10.8 Å². The molecule has 0 saturated heterocycles. The first-order chi connectivity index (χ1) is 8.52. The van der Waals surface area contributed by atoms with Gasteiger partial charge in [0.2, 0.25) is 0 Å². The molecule has 0 fully saturated rings. The van der Waals surface area contributed by atoms with E-state index in [0.717, 1.165) is 12.1 Å². The monoisotopic (exact) mass is 246 g/mol. The number of nitrogens with zero attached hydrogens (tertiary/aromatic N) is 2. The fraction of sp³-hybridized carbons (Fsp3) is 0. The van der Waals surface area contributed by atoms with Crippen LogP contribution in [0, 0.1) is 34.3 Å². The maximum absolute atomic E-state index is 13.5. The summed E-state index contributed by atoms with van der Waals surface area (Å²) in [7, 11) is 0. The lowest BCUT2D eigenvalue weighted by atomic mass is 9.98. The number of phenolic OH excluding ortho intramolecular Hbond substituents is 2. The molecule has 6 heteroatoms. The van der Waals surface area contributed by atoms with Crippen molar-refractivity contribution < 1.29 is 19.0 Å². The summed E-state index contributed by atoms with van der Waals surface area (Å²) in [5, 5.41) is 35.7. The smallest absolute Gasteiger partial charge is 0.145 e. The molecule has 0 heterocycles. The van der Waals surface area contributed by atoms with Crippen molar-refractivity contribution in [1.82, 2.24) is 0 Å². The molecular weight excluding hydrogens is 242 g/mol. The Morgan fingerprint density at radius 3 is 1.44 bits per heavy atom. The van der Waals surface area contributed by atoms with Crippen LogP contribution in [-0.4, -0.2) is 10.2 Å². The molecule has 2 aromatic carbocycles. The lowest BCUT2D eigenvalue weighted by Gasteiger charge is -2.09. The average molecular weight is 246 g/mol. The first-order valence-electron chi connectivity index (χ1n) is 4.68. The van der Waals surface area contributed by atoms with Gasteiger partial charge < -0.3 is 10.2 Å². The van der Waals surface area contributed by atoms with Crippen molar-refractivity contribution in [2.45, 2.75) is 0 Å². The number of fused-ring (bicyclic) bond motifs is 1. The maximum atomic E-state index is 13.5. The molecule has 0 aliphatic carbocycles. The molecular formula is C12H4F2N2O2. The van der Waals surface area contributed by atoms with Gasteiger partial charge in [-0.05, 0) is 12.1 Å². The van der Waals surface area contributed by atoms with Crippen LogP contribution in [0.4, 0.5) is 8.78 Å². The zero-order chi connectivity index (χ0) is 13.4. The summed E-state index contributed by atoms with van der Waals surface area (Å²) in [6.45, 7) is 0. The van der Waals surface area contributed by atoms with Crippen molar-refractivity contribution in [3.8, 4) is 23.6 Å². The molecule has 0 aliphatic heterocycles. The van der Waals surface area contributed by atoms with Crippen molar-refractivity contribution in [2.75, 3.05) is 0 Å². The summed E-state index contributed by atoms with van der Waals surface area (Å²) >= 11 is 0. The minimum absolute atomic E-state index is 0.591. The third kappa shape index (κ3) is 1.33. The largest absolute Gasteiger partial charge is 0.506 e. The fourth-order valence-corrected chi connectivity index (χ4v) is 1.72. The zero-order valence-corrected chi connectivity index (χ0v) is 8.70. The molecule has 4 nitrogen and oxygen atoms in total. The van der Waals surface area contributed by atoms with Crippen molar-refractivity contribution in [2.24, 2.45) is 0 Å². The van der Waals surface area contributed by atoms with Gasteiger partial charge >= 0.3 is 0 Å². The normalized spacial score (nSPS) is 10.0. The Morgan fingerprint density at radius 1 is 0.833 bits per heavy atom. The molecule has 0 bridgehead atoms. The summed E-state index contributed by atoms with van der Waals surface area (Å²) < 4.78 is 27.1. The maximum Gasteiger partial charge on any atom is 0.145 e. The van der Waals surface area contributed by atoms with E-state index in [-0.39, 0.29) is 0 Å². The quantitative estimate of drug-likeness (QED) is 0.698. The van der Waals surface area contributed by atoms with Gasteiger partial charge in [0.1, 0.15) is 46.4 Å². The lowest BCUT2D eigenvalue weighted by molar-refractivity contribution is 0.461. The molecule has 0 unspecified atom stereocenters. The van der Waals surface area contributed by atoms with E-state index >= 15 is 0 Å². The summed E-state index contributed by atoms with van der Waals surface area (Å²) in [4.78, 5) is 0. The number of halogens is 2. The highest BCUT2D eigenvalue weighted by molar-refractivity contribution is 5.98. The molecule has 0 aromatic heterocycles. The van der Waals surface area contributed by atoms with Crippen molar-refractivity contribution >= 4 is 10.8 Å². The van der Waals surface area contributed by atoms with Crippen molar-refractivity contribution in [3.05, 3.63) is 34.9 Å². The number of aromatic hydroxyl groups is 2. The Balaban J connectivity index is 3.20. The van der Waals surface area contributed by atoms with Gasteiger partial charge in [0.25, 0.3) is 0 Å². The zero-order valence-electron chi connectivity index (χ0n) is 8.70. The number of rotatable bonds is 0. The SMILES string of the molecule is N#Cc1c(C#N)c(O)c2c(F)ccc(F)c2c1O. The van der Waals surface area contributed by atoms with E-state index in [1.807, 2.05) is 0 Å². The molecule has 2 aromatic rings. The van der Waals surface area contributed by atoms with Crippen LogP contribution < -0.4 is 0 Å². The molecule has 0 radical (unpaired) electrons. The number of hydrogen-bond donors (Lipinski definition) is 2. The molecule has 0 saturated carbocycles. The summed E-state index contributed by atoms with van der Waals surface area (Å²) in [5.41, 5.74) is -1.18. The molecule has 0 aliphatic rings. The van der Waals surface area contributed by atoms with Gasteiger partial charge in [-0.2, -0.15) is 10.5 Å². The number of benzene rings is 2. The van der Waals surface area contributed by atoms with Crippen molar-refractivity contribution in [1.29, 1.82) is 10.5 Å². The third-order valence-electron chi connectivity index (χ3n) is 2.52. The van der Waals surface area contributed by atoms with Gasteiger partial charge in [-0.1, -0.05) is 0 Å². The van der Waals surface area contributed by atoms with Crippen LogP contribution in [0.2, 0.25) is 0 Å². The Morgan fingerprint density at radius 2 is 1.17 bits per heavy atom. The van der Waals surface area contributed by atoms with Gasteiger partial charge in [-0.15, -0.1) is 0 Å². The predicted molar refractivity (Wildman–Crippen MR) is 56.6 cm³/mol. The molecule has 2 N–H and O–H groups in total. The topological polar surface area (TPSA) is 88.0 Å². The summed E-state index contributed by atoms with van der Waals surface area (Å²) in [6, 6.07) is 4.45. The fourth-order valence-electron chi connectivity index (χ4n) is 1.72. The van der Waals surface area contributed by atoms with E-state index in [0.29, 0.717) is 0 Å². The molecule has 2 rings (SSSR count). The Hall–Kier alpha value is -2.86. The highest BCUT2D eigenvalue weighted by atomic mass is 19.1. The van der Waals surface area contributed by atoms with E-state index in [9.17, 15) is 19.0 Å². The molecule has 0 spiro atoms. The van der Waals surface area contributed by atoms with Crippen LogP contribution in [0.15, 0.2) is 12.1 Å². The second kappa shape index (κ2) is 3.86. The highest BCUT2D eigenvalue weighted by Gasteiger charge is 2.23. The van der Waals surface area contributed by atoms with Gasteiger partial charge in [-0.25, -0.2) is 8.78 Å². The molecule has 88 valence electrons. The van der Waals surface area contributed by atoms with Crippen LogP contribution >= 0.6 is 0 Å².